The van der Waals surface area contributed by atoms with Crippen molar-refractivity contribution < 1.29 is 14.4 Å². The van der Waals surface area contributed by atoms with Gasteiger partial charge in [0.05, 0.1) is 17.1 Å². The van der Waals surface area contributed by atoms with Crippen molar-refractivity contribution in [1.82, 2.24) is 24.9 Å². The van der Waals surface area contributed by atoms with Gasteiger partial charge in [-0.2, -0.15) is 5.10 Å². The molecule has 3 amide bonds. The number of piperidine rings is 1. The first-order valence-electron chi connectivity index (χ1n) is 11.6. The van der Waals surface area contributed by atoms with Gasteiger partial charge < -0.3 is 4.90 Å². The second-order valence-electron chi connectivity index (χ2n) is 9.23. The van der Waals surface area contributed by atoms with Crippen LogP contribution in [0.25, 0.3) is 10.9 Å². The molecule has 1 unspecified atom stereocenters. The molecule has 0 bridgehead atoms. The molecule has 1 aromatic carbocycles. The van der Waals surface area contributed by atoms with Gasteiger partial charge in [-0.25, -0.2) is 0 Å². The van der Waals surface area contributed by atoms with Crippen LogP contribution < -0.4 is 5.32 Å². The SMILES string of the molecule is CC(C)N1CCN(C(=O)CCCc2ccc3c(C4CCC(=O)NC4=O)nn(C)c3c2)CC1. The van der Waals surface area contributed by atoms with E-state index >= 15 is 0 Å². The molecule has 172 valence electrons. The number of nitrogens with one attached hydrogen (secondary N) is 1. The summed E-state index contributed by atoms with van der Waals surface area (Å²) in [6, 6.07) is 6.71. The number of rotatable bonds is 6. The van der Waals surface area contributed by atoms with Crippen LogP contribution >= 0.6 is 0 Å². The number of imide groups is 1. The molecule has 0 saturated carbocycles. The van der Waals surface area contributed by atoms with E-state index in [1.54, 1.807) is 4.68 Å². The molecule has 1 N–H and O–H groups in total. The number of carbonyl (C=O) groups excluding carboxylic acids is 3. The van der Waals surface area contributed by atoms with E-state index in [2.05, 4.69) is 41.3 Å². The maximum Gasteiger partial charge on any atom is 0.235 e. The number of piperazine rings is 1. The lowest BCUT2D eigenvalue weighted by atomic mass is 9.92. The third-order valence-electron chi connectivity index (χ3n) is 6.77. The van der Waals surface area contributed by atoms with Crippen LogP contribution in [0.5, 0.6) is 0 Å². The Kier molecular flexibility index (Phi) is 6.60. The Morgan fingerprint density at radius 2 is 1.94 bits per heavy atom. The molecule has 2 aromatic rings. The van der Waals surface area contributed by atoms with Gasteiger partial charge in [-0.15, -0.1) is 0 Å². The number of aryl methyl sites for hydroxylation is 2. The van der Waals surface area contributed by atoms with Crippen LogP contribution in [0.1, 0.15) is 56.7 Å². The summed E-state index contributed by atoms with van der Waals surface area (Å²) in [5, 5.41) is 7.97. The molecule has 4 rings (SSSR count). The Hall–Kier alpha value is -2.74. The Labute approximate surface area is 188 Å². The molecule has 2 aliphatic rings. The smallest absolute Gasteiger partial charge is 0.235 e. The number of hydrogen-bond acceptors (Lipinski definition) is 5. The summed E-state index contributed by atoms with van der Waals surface area (Å²) in [4.78, 5) is 40.8. The summed E-state index contributed by atoms with van der Waals surface area (Å²) >= 11 is 0. The molecule has 0 aliphatic carbocycles. The first-order valence-corrected chi connectivity index (χ1v) is 11.6. The molecular weight excluding hydrogens is 406 g/mol. The summed E-state index contributed by atoms with van der Waals surface area (Å²) in [7, 11) is 1.88. The molecule has 32 heavy (non-hydrogen) atoms. The third-order valence-corrected chi connectivity index (χ3v) is 6.77. The van der Waals surface area contributed by atoms with Crippen molar-refractivity contribution in [3.63, 3.8) is 0 Å². The fraction of sp³-hybridized carbons (Fsp3) is 0.583. The van der Waals surface area contributed by atoms with Crippen molar-refractivity contribution >= 4 is 28.6 Å². The predicted molar refractivity (Wildman–Crippen MR) is 122 cm³/mol. The predicted octanol–water partition coefficient (Wildman–Crippen LogP) is 1.97. The average molecular weight is 440 g/mol. The van der Waals surface area contributed by atoms with E-state index in [1.807, 2.05) is 18.0 Å². The molecule has 0 radical (unpaired) electrons. The first kappa shape index (κ1) is 22.5. The zero-order valence-electron chi connectivity index (χ0n) is 19.3. The summed E-state index contributed by atoms with van der Waals surface area (Å²) in [5.41, 5.74) is 2.86. The first-order chi connectivity index (χ1) is 15.3. The van der Waals surface area contributed by atoms with Gasteiger partial charge in [0.2, 0.25) is 17.7 Å². The van der Waals surface area contributed by atoms with Crippen LogP contribution in [0, 0.1) is 0 Å². The molecule has 1 atom stereocenters. The molecule has 8 nitrogen and oxygen atoms in total. The highest BCUT2D eigenvalue weighted by molar-refractivity contribution is 6.02. The Balaban J connectivity index is 1.36. The Morgan fingerprint density at radius 1 is 1.19 bits per heavy atom. The number of aromatic nitrogens is 2. The molecule has 8 heteroatoms. The number of benzene rings is 1. The molecule has 2 saturated heterocycles. The van der Waals surface area contributed by atoms with Crippen LogP contribution in [0.4, 0.5) is 0 Å². The van der Waals surface area contributed by atoms with Gasteiger partial charge in [0, 0.05) is 57.5 Å². The van der Waals surface area contributed by atoms with Crippen molar-refractivity contribution in [3.8, 4) is 0 Å². The van der Waals surface area contributed by atoms with Gasteiger partial charge in [-0.3, -0.25) is 29.3 Å². The van der Waals surface area contributed by atoms with Crippen molar-refractivity contribution in [2.45, 2.75) is 57.9 Å². The number of fused-ring (bicyclic) bond motifs is 1. The number of carbonyl (C=O) groups is 3. The summed E-state index contributed by atoms with van der Waals surface area (Å²) in [6.07, 6.45) is 3.03. The largest absolute Gasteiger partial charge is 0.340 e. The van der Waals surface area contributed by atoms with Crippen LogP contribution in [-0.4, -0.2) is 69.5 Å². The molecular formula is C24H33N5O3. The summed E-state index contributed by atoms with van der Waals surface area (Å²) < 4.78 is 1.80. The second kappa shape index (κ2) is 9.40. The highest BCUT2D eigenvalue weighted by Gasteiger charge is 2.31. The molecule has 0 spiro atoms. The van der Waals surface area contributed by atoms with E-state index in [1.165, 1.54) is 0 Å². The van der Waals surface area contributed by atoms with Gasteiger partial charge in [0.15, 0.2) is 0 Å². The fourth-order valence-corrected chi connectivity index (χ4v) is 4.79. The minimum absolute atomic E-state index is 0.217. The monoisotopic (exact) mass is 439 g/mol. The normalized spacial score (nSPS) is 20.2. The Morgan fingerprint density at radius 3 is 2.62 bits per heavy atom. The minimum atomic E-state index is -0.393. The molecule has 2 fully saturated rings. The minimum Gasteiger partial charge on any atom is -0.340 e. The lowest BCUT2D eigenvalue weighted by Gasteiger charge is -2.37. The summed E-state index contributed by atoms with van der Waals surface area (Å²) in [6.45, 7) is 7.95. The quantitative estimate of drug-likeness (QED) is 0.696. The Bertz CT molecular complexity index is 1020. The number of hydrogen-bond donors (Lipinski definition) is 1. The number of nitrogens with zero attached hydrogens (tertiary/aromatic N) is 4. The fourth-order valence-electron chi connectivity index (χ4n) is 4.79. The highest BCUT2D eigenvalue weighted by atomic mass is 16.2. The van der Waals surface area contributed by atoms with E-state index < -0.39 is 5.92 Å². The topological polar surface area (TPSA) is 87.5 Å². The van der Waals surface area contributed by atoms with E-state index in [9.17, 15) is 14.4 Å². The maximum atomic E-state index is 12.6. The van der Waals surface area contributed by atoms with Crippen molar-refractivity contribution in [3.05, 3.63) is 29.5 Å². The van der Waals surface area contributed by atoms with Gasteiger partial charge in [0.25, 0.3) is 0 Å². The molecule has 2 aliphatic heterocycles. The zero-order valence-corrected chi connectivity index (χ0v) is 19.3. The van der Waals surface area contributed by atoms with Crippen molar-refractivity contribution in [1.29, 1.82) is 0 Å². The third kappa shape index (κ3) is 4.70. The van der Waals surface area contributed by atoms with Gasteiger partial charge >= 0.3 is 0 Å². The van der Waals surface area contributed by atoms with Crippen LogP contribution in [0.15, 0.2) is 18.2 Å². The average Bonchev–Trinajstić information content (AvgIpc) is 3.09. The highest BCUT2D eigenvalue weighted by Crippen LogP contribution is 2.30. The lowest BCUT2D eigenvalue weighted by molar-refractivity contribution is -0.135. The molecule has 3 heterocycles. The van der Waals surface area contributed by atoms with E-state index in [-0.39, 0.29) is 17.7 Å². The van der Waals surface area contributed by atoms with Gasteiger partial charge in [-0.05, 0) is 44.7 Å². The lowest BCUT2D eigenvalue weighted by Crippen LogP contribution is -2.50. The maximum absolute atomic E-state index is 12.6. The van der Waals surface area contributed by atoms with Crippen LogP contribution in [-0.2, 0) is 27.9 Å². The van der Waals surface area contributed by atoms with Crippen LogP contribution in [0.3, 0.4) is 0 Å². The van der Waals surface area contributed by atoms with Crippen molar-refractivity contribution in [2.24, 2.45) is 7.05 Å². The zero-order chi connectivity index (χ0) is 22.8. The van der Waals surface area contributed by atoms with Gasteiger partial charge in [0.1, 0.15) is 0 Å². The number of amides is 3. The van der Waals surface area contributed by atoms with Gasteiger partial charge in [-0.1, -0.05) is 12.1 Å². The second-order valence-corrected chi connectivity index (χ2v) is 9.23. The van der Waals surface area contributed by atoms with E-state index in [0.29, 0.717) is 25.3 Å². The standard InChI is InChI=1S/C24H33N5O3/c1-16(2)28-11-13-29(14-12-28)22(31)6-4-5-17-7-8-18-20(15-17)27(3)26-23(18)19-9-10-21(30)25-24(19)32/h7-8,15-16,19H,4-6,9-14H2,1-3H3,(H,25,30,32). The van der Waals surface area contributed by atoms with Crippen LogP contribution in [0.2, 0.25) is 0 Å². The van der Waals surface area contributed by atoms with E-state index in [4.69, 9.17) is 0 Å². The van der Waals surface area contributed by atoms with Crippen molar-refractivity contribution in [2.75, 3.05) is 26.2 Å². The van der Waals surface area contributed by atoms with E-state index in [0.717, 1.165) is 61.2 Å². The summed E-state index contributed by atoms with van der Waals surface area (Å²) in [5.74, 6) is -0.630. The molecule has 1 aromatic heterocycles.